The number of nitrogens with one attached hydrogen (secondary N) is 2. The minimum absolute atomic E-state index is 0.0336. The zero-order valence-corrected chi connectivity index (χ0v) is 13.3. The summed E-state index contributed by atoms with van der Waals surface area (Å²) in [5, 5.41) is 21.0. The van der Waals surface area contributed by atoms with E-state index in [2.05, 4.69) is 10.0 Å². The van der Waals surface area contributed by atoms with Crippen LogP contribution in [0.1, 0.15) is 23.2 Å². The molecule has 0 saturated carbocycles. The number of aliphatic hydroxyl groups is 1. The van der Waals surface area contributed by atoms with Crippen molar-refractivity contribution in [1.82, 2.24) is 4.72 Å². The molecule has 1 aliphatic rings. The van der Waals surface area contributed by atoms with Crippen LogP contribution in [0.3, 0.4) is 0 Å². The van der Waals surface area contributed by atoms with Gasteiger partial charge in [0, 0.05) is 25.4 Å². The fourth-order valence-electron chi connectivity index (χ4n) is 2.31. The lowest BCUT2D eigenvalue weighted by molar-refractivity contribution is 0.0697. The summed E-state index contributed by atoms with van der Waals surface area (Å²) in [5.74, 6) is -1.22. The Morgan fingerprint density at radius 1 is 1.39 bits per heavy atom. The molecule has 4 N–H and O–H groups in total. The lowest BCUT2D eigenvalue weighted by atomic mass is 10.1. The van der Waals surface area contributed by atoms with Crippen LogP contribution >= 0.6 is 0 Å². The zero-order valence-electron chi connectivity index (χ0n) is 12.5. The number of carboxylic acid groups (broad SMARTS) is 1. The predicted octanol–water partition coefficient (Wildman–Crippen LogP) is 0.246. The highest BCUT2D eigenvalue weighted by molar-refractivity contribution is 7.89. The summed E-state index contributed by atoms with van der Waals surface area (Å²) in [5.41, 5.74) is 0.212. The molecule has 1 aromatic carbocycles. The van der Waals surface area contributed by atoms with Crippen LogP contribution in [0.2, 0.25) is 0 Å². The maximum Gasteiger partial charge on any atom is 0.337 e. The Morgan fingerprint density at radius 2 is 2.17 bits per heavy atom. The number of anilines is 1. The summed E-state index contributed by atoms with van der Waals surface area (Å²) in [7, 11) is -3.85. The van der Waals surface area contributed by atoms with Crippen molar-refractivity contribution in [2.75, 3.05) is 31.6 Å². The van der Waals surface area contributed by atoms with Crippen molar-refractivity contribution in [3.05, 3.63) is 23.8 Å². The van der Waals surface area contributed by atoms with Crippen LogP contribution in [-0.2, 0) is 14.8 Å². The van der Waals surface area contributed by atoms with Crippen molar-refractivity contribution >= 4 is 21.7 Å². The Labute approximate surface area is 134 Å². The molecule has 1 fully saturated rings. The van der Waals surface area contributed by atoms with Crippen molar-refractivity contribution in [3.8, 4) is 0 Å². The molecule has 0 unspecified atom stereocenters. The fourth-order valence-corrected chi connectivity index (χ4v) is 3.36. The van der Waals surface area contributed by atoms with Crippen LogP contribution in [0.25, 0.3) is 0 Å². The number of hydrogen-bond donors (Lipinski definition) is 4. The molecule has 1 saturated heterocycles. The minimum Gasteiger partial charge on any atom is -0.478 e. The van der Waals surface area contributed by atoms with E-state index in [4.69, 9.17) is 9.84 Å². The molecule has 9 heteroatoms. The normalized spacial score (nSPS) is 18.0. The standard InChI is InChI=1S/C14H20N2O6S/c17-6-5-16-23(20,21)11-3-4-13(12(8-11)14(18)19)15-9-10-2-1-7-22-10/h3-4,8,10,15-17H,1-2,5-7,9H2,(H,18,19)/t10-/m0/s1. The Hall–Kier alpha value is -1.68. The van der Waals surface area contributed by atoms with Crippen LogP contribution in [0.5, 0.6) is 0 Å². The molecule has 23 heavy (non-hydrogen) atoms. The molecule has 0 spiro atoms. The third kappa shape index (κ3) is 4.64. The van der Waals surface area contributed by atoms with Crippen molar-refractivity contribution in [1.29, 1.82) is 0 Å². The largest absolute Gasteiger partial charge is 0.478 e. The number of aromatic carboxylic acids is 1. The lowest BCUT2D eigenvalue weighted by Gasteiger charge is -2.15. The quantitative estimate of drug-likeness (QED) is 0.532. The summed E-state index contributed by atoms with van der Waals surface area (Å²) >= 11 is 0. The smallest absolute Gasteiger partial charge is 0.337 e. The van der Waals surface area contributed by atoms with Gasteiger partial charge in [0.15, 0.2) is 0 Å². The van der Waals surface area contributed by atoms with Gasteiger partial charge in [0.25, 0.3) is 0 Å². The van der Waals surface area contributed by atoms with Crippen LogP contribution in [0.4, 0.5) is 5.69 Å². The van der Waals surface area contributed by atoms with Gasteiger partial charge in [-0.1, -0.05) is 0 Å². The highest BCUT2D eigenvalue weighted by Gasteiger charge is 2.20. The SMILES string of the molecule is O=C(O)c1cc(S(=O)(=O)NCCO)ccc1NC[C@@H]1CCCO1. The van der Waals surface area contributed by atoms with E-state index in [-0.39, 0.29) is 29.7 Å². The number of aliphatic hydroxyl groups excluding tert-OH is 1. The number of rotatable bonds is 8. The second kappa shape index (κ2) is 7.73. The molecular weight excluding hydrogens is 324 g/mol. The number of carboxylic acids is 1. The first-order valence-corrected chi connectivity index (χ1v) is 8.75. The molecule has 1 aliphatic heterocycles. The monoisotopic (exact) mass is 344 g/mol. The summed E-state index contributed by atoms with van der Waals surface area (Å²) in [6.45, 7) is 0.691. The van der Waals surface area contributed by atoms with E-state index in [9.17, 15) is 18.3 Å². The summed E-state index contributed by atoms with van der Waals surface area (Å²) in [6, 6.07) is 3.84. The highest BCUT2D eigenvalue weighted by atomic mass is 32.2. The van der Waals surface area contributed by atoms with E-state index in [1.54, 1.807) is 0 Å². The second-order valence-corrected chi connectivity index (χ2v) is 6.92. The molecule has 8 nitrogen and oxygen atoms in total. The van der Waals surface area contributed by atoms with Crippen molar-refractivity contribution in [2.45, 2.75) is 23.8 Å². The first kappa shape index (κ1) is 17.7. The van der Waals surface area contributed by atoms with Gasteiger partial charge in [0.1, 0.15) is 0 Å². The van der Waals surface area contributed by atoms with E-state index in [0.29, 0.717) is 18.8 Å². The topological polar surface area (TPSA) is 125 Å². The predicted molar refractivity (Wildman–Crippen MR) is 83.1 cm³/mol. The second-order valence-electron chi connectivity index (χ2n) is 5.15. The molecule has 0 radical (unpaired) electrons. The van der Waals surface area contributed by atoms with Gasteiger partial charge in [-0.05, 0) is 31.0 Å². The van der Waals surface area contributed by atoms with Crippen molar-refractivity contribution in [3.63, 3.8) is 0 Å². The summed E-state index contributed by atoms with van der Waals surface area (Å²) in [6.07, 6.45) is 1.92. The van der Waals surface area contributed by atoms with E-state index in [0.717, 1.165) is 18.9 Å². The number of carbonyl (C=O) groups is 1. The van der Waals surface area contributed by atoms with Crippen LogP contribution in [0.15, 0.2) is 23.1 Å². The minimum atomic E-state index is -3.85. The van der Waals surface area contributed by atoms with Gasteiger partial charge in [-0.2, -0.15) is 0 Å². The Bertz CT molecular complexity index is 655. The molecule has 1 aromatic rings. The average Bonchev–Trinajstić information content (AvgIpc) is 3.04. The van der Waals surface area contributed by atoms with Crippen LogP contribution in [-0.4, -0.2) is 57.0 Å². The van der Waals surface area contributed by atoms with Gasteiger partial charge in [0.2, 0.25) is 10.0 Å². The van der Waals surface area contributed by atoms with Gasteiger partial charge in [0.05, 0.1) is 23.2 Å². The van der Waals surface area contributed by atoms with E-state index in [1.807, 2.05) is 0 Å². The number of ether oxygens (including phenoxy) is 1. The van der Waals surface area contributed by atoms with Crippen molar-refractivity contribution in [2.24, 2.45) is 0 Å². The first-order chi connectivity index (χ1) is 10.9. The fraction of sp³-hybridized carbons (Fsp3) is 0.500. The van der Waals surface area contributed by atoms with Crippen LogP contribution < -0.4 is 10.0 Å². The molecule has 0 amide bonds. The number of sulfonamides is 1. The molecule has 0 bridgehead atoms. The summed E-state index contributed by atoms with van der Waals surface area (Å²) < 4.78 is 31.6. The average molecular weight is 344 g/mol. The first-order valence-electron chi connectivity index (χ1n) is 7.27. The molecule has 1 atom stereocenters. The molecule has 0 aliphatic carbocycles. The zero-order chi connectivity index (χ0) is 16.9. The Kier molecular flexibility index (Phi) is 5.94. The summed E-state index contributed by atoms with van der Waals surface area (Å²) in [4.78, 5) is 11.2. The molecule has 1 heterocycles. The maximum atomic E-state index is 12.0. The van der Waals surface area contributed by atoms with E-state index in [1.165, 1.54) is 12.1 Å². The van der Waals surface area contributed by atoms with Gasteiger partial charge >= 0.3 is 5.97 Å². The highest BCUT2D eigenvalue weighted by Crippen LogP contribution is 2.22. The third-order valence-corrected chi connectivity index (χ3v) is 4.94. The van der Waals surface area contributed by atoms with Gasteiger partial charge in [-0.25, -0.2) is 17.9 Å². The van der Waals surface area contributed by atoms with Gasteiger partial charge in [-0.15, -0.1) is 0 Å². The van der Waals surface area contributed by atoms with Gasteiger partial charge < -0.3 is 20.3 Å². The molecule has 128 valence electrons. The van der Waals surface area contributed by atoms with Crippen LogP contribution in [0, 0.1) is 0 Å². The van der Waals surface area contributed by atoms with Crippen molar-refractivity contribution < 1.29 is 28.2 Å². The Morgan fingerprint density at radius 3 is 2.78 bits per heavy atom. The Balaban J connectivity index is 2.18. The number of benzene rings is 1. The van der Waals surface area contributed by atoms with Gasteiger partial charge in [-0.3, -0.25) is 0 Å². The molecule has 0 aromatic heterocycles. The third-order valence-electron chi connectivity index (χ3n) is 3.48. The van der Waals surface area contributed by atoms with E-state index < -0.39 is 16.0 Å². The maximum absolute atomic E-state index is 12.0. The lowest BCUT2D eigenvalue weighted by Crippen LogP contribution is -2.27. The van der Waals surface area contributed by atoms with E-state index >= 15 is 0 Å². The molecular formula is C14H20N2O6S. The number of hydrogen-bond acceptors (Lipinski definition) is 6. The molecule has 2 rings (SSSR count).